The van der Waals surface area contributed by atoms with Gasteiger partial charge in [-0.25, -0.2) is 9.97 Å². The number of halogens is 1. The molecule has 0 atom stereocenters. The van der Waals surface area contributed by atoms with E-state index in [9.17, 15) is 0 Å². The molecule has 2 nitrogen and oxygen atoms in total. The van der Waals surface area contributed by atoms with E-state index in [-0.39, 0.29) is 0 Å². The molecule has 0 aliphatic rings. The minimum atomic E-state index is 0.467. The van der Waals surface area contributed by atoms with Crippen molar-refractivity contribution >= 4 is 15.9 Å². The summed E-state index contributed by atoms with van der Waals surface area (Å²) in [5.74, 6) is 1.40. The highest BCUT2D eigenvalue weighted by Crippen LogP contribution is 2.24. The summed E-state index contributed by atoms with van der Waals surface area (Å²) in [5.41, 5.74) is 2.43. The largest absolute Gasteiger partial charge is 0.237 e. The van der Waals surface area contributed by atoms with Gasteiger partial charge in [-0.3, -0.25) is 0 Å². The Morgan fingerprint density at radius 2 is 1.79 bits per heavy atom. The van der Waals surface area contributed by atoms with E-state index in [1.807, 2.05) is 0 Å². The normalized spacial score (nSPS) is 11.0. The van der Waals surface area contributed by atoms with Gasteiger partial charge < -0.3 is 0 Å². The van der Waals surface area contributed by atoms with E-state index in [1.165, 1.54) is 11.3 Å². The molecule has 0 saturated heterocycles. The fourth-order valence-corrected chi connectivity index (χ4v) is 2.17. The molecule has 78 valence electrons. The van der Waals surface area contributed by atoms with Gasteiger partial charge in [-0.15, -0.1) is 0 Å². The second kappa shape index (κ2) is 4.87. The van der Waals surface area contributed by atoms with Crippen molar-refractivity contribution in [3.05, 3.63) is 21.7 Å². The smallest absolute Gasteiger partial charge is 0.129 e. The second-order valence-electron chi connectivity index (χ2n) is 3.66. The monoisotopic (exact) mass is 256 g/mol. The zero-order valence-corrected chi connectivity index (χ0v) is 10.8. The number of hydrogen-bond acceptors (Lipinski definition) is 2. The van der Waals surface area contributed by atoms with Crippen LogP contribution in [0.1, 0.15) is 50.7 Å². The predicted octanol–water partition coefficient (Wildman–Crippen LogP) is 3.49. The van der Waals surface area contributed by atoms with Crippen LogP contribution in [0.15, 0.2) is 4.60 Å². The van der Waals surface area contributed by atoms with Crippen LogP contribution in [0, 0.1) is 0 Å². The van der Waals surface area contributed by atoms with E-state index in [0.717, 1.165) is 23.3 Å². The maximum Gasteiger partial charge on any atom is 0.129 e. The number of aryl methyl sites for hydroxylation is 1. The average molecular weight is 257 g/mol. The molecule has 0 spiro atoms. The van der Waals surface area contributed by atoms with E-state index >= 15 is 0 Å². The third-order valence-corrected chi connectivity index (χ3v) is 2.91. The van der Waals surface area contributed by atoms with E-state index < -0.39 is 0 Å². The van der Waals surface area contributed by atoms with E-state index in [4.69, 9.17) is 0 Å². The lowest BCUT2D eigenvalue weighted by Gasteiger charge is -2.13. The molecule has 0 saturated carbocycles. The van der Waals surface area contributed by atoms with Crippen LogP contribution >= 0.6 is 15.9 Å². The van der Waals surface area contributed by atoms with Crippen LogP contribution in [0.4, 0.5) is 0 Å². The van der Waals surface area contributed by atoms with Gasteiger partial charge in [-0.1, -0.05) is 27.7 Å². The van der Waals surface area contributed by atoms with Gasteiger partial charge >= 0.3 is 0 Å². The molecule has 3 heteroatoms. The third kappa shape index (κ3) is 2.32. The van der Waals surface area contributed by atoms with Crippen molar-refractivity contribution in [1.29, 1.82) is 0 Å². The van der Waals surface area contributed by atoms with Gasteiger partial charge in [0.1, 0.15) is 10.4 Å². The first-order chi connectivity index (χ1) is 6.60. The number of aromatic nitrogens is 2. The summed E-state index contributed by atoms with van der Waals surface area (Å²) in [5, 5.41) is 0. The summed E-state index contributed by atoms with van der Waals surface area (Å²) >= 11 is 3.52. The molecule has 0 aliphatic heterocycles. The Kier molecular flexibility index (Phi) is 4.05. The van der Waals surface area contributed by atoms with Gasteiger partial charge in [-0.05, 0) is 28.3 Å². The molecule has 1 rings (SSSR count). The topological polar surface area (TPSA) is 25.8 Å². The first kappa shape index (κ1) is 11.6. The van der Waals surface area contributed by atoms with Crippen molar-refractivity contribution in [2.75, 3.05) is 0 Å². The molecule has 1 aromatic heterocycles. The summed E-state index contributed by atoms with van der Waals surface area (Å²) in [6.45, 7) is 8.57. The Bertz CT molecular complexity index is 321. The van der Waals surface area contributed by atoms with Gasteiger partial charge in [0.05, 0.1) is 5.69 Å². The first-order valence-electron chi connectivity index (χ1n) is 5.15. The van der Waals surface area contributed by atoms with Crippen molar-refractivity contribution in [3.63, 3.8) is 0 Å². The van der Waals surface area contributed by atoms with Crippen LogP contribution in [-0.2, 0) is 12.8 Å². The zero-order valence-electron chi connectivity index (χ0n) is 9.26. The lowest BCUT2D eigenvalue weighted by Crippen LogP contribution is -2.06. The van der Waals surface area contributed by atoms with Gasteiger partial charge in [0, 0.05) is 12.0 Å². The van der Waals surface area contributed by atoms with Gasteiger partial charge in [0.15, 0.2) is 0 Å². The summed E-state index contributed by atoms with van der Waals surface area (Å²) in [6.07, 6.45) is 1.88. The highest BCUT2D eigenvalue weighted by molar-refractivity contribution is 9.10. The maximum absolute atomic E-state index is 4.58. The van der Waals surface area contributed by atoms with Crippen molar-refractivity contribution in [2.24, 2.45) is 0 Å². The second-order valence-corrected chi connectivity index (χ2v) is 4.41. The highest BCUT2D eigenvalue weighted by Gasteiger charge is 2.12. The molecule has 0 aromatic carbocycles. The van der Waals surface area contributed by atoms with Gasteiger partial charge in [-0.2, -0.15) is 0 Å². The summed E-state index contributed by atoms with van der Waals surface area (Å²) in [4.78, 5) is 8.99. The molecule has 0 radical (unpaired) electrons. The van der Waals surface area contributed by atoms with Gasteiger partial charge in [0.25, 0.3) is 0 Å². The molecule has 0 fully saturated rings. The summed E-state index contributed by atoms with van der Waals surface area (Å²) < 4.78 is 0.968. The predicted molar refractivity (Wildman–Crippen MR) is 62.6 cm³/mol. The van der Waals surface area contributed by atoms with Crippen molar-refractivity contribution in [1.82, 2.24) is 9.97 Å². The highest BCUT2D eigenvalue weighted by atomic mass is 79.9. The van der Waals surface area contributed by atoms with Crippen LogP contribution in [0.2, 0.25) is 0 Å². The standard InChI is InChI=1S/C11H17BrN2/c1-5-8-10(7(3)4)13-9(6-2)14-11(8)12/h7H,5-6H2,1-4H3. The van der Waals surface area contributed by atoms with Crippen LogP contribution in [0.3, 0.4) is 0 Å². The molecule has 0 bridgehead atoms. The Balaban J connectivity index is 3.28. The first-order valence-corrected chi connectivity index (χ1v) is 5.94. The van der Waals surface area contributed by atoms with Gasteiger partial charge in [0.2, 0.25) is 0 Å². The Morgan fingerprint density at radius 3 is 2.21 bits per heavy atom. The quantitative estimate of drug-likeness (QED) is 0.774. The zero-order chi connectivity index (χ0) is 10.7. The molecule has 0 amide bonds. The van der Waals surface area contributed by atoms with Crippen molar-refractivity contribution in [3.8, 4) is 0 Å². The van der Waals surface area contributed by atoms with Crippen LogP contribution in [-0.4, -0.2) is 9.97 Å². The average Bonchev–Trinajstić information content (AvgIpc) is 2.16. The number of hydrogen-bond donors (Lipinski definition) is 0. The lowest BCUT2D eigenvalue weighted by molar-refractivity contribution is 0.756. The fraction of sp³-hybridized carbons (Fsp3) is 0.636. The Morgan fingerprint density at radius 1 is 1.14 bits per heavy atom. The SMILES string of the molecule is CCc1nc(Br)c(CC)c(C(C)C)n1. The van der Waals surface area contributed by atoms with Crippen LogP contribution in [0.25, 0.3) is 0 Å². The van der Waals surface area contributed by atoms with Crippen molar-refractivity contribution < 1.29 is 0 Å². The molecule has 1 aromatic rings. The third-order valence-electron chi connectivity index (χ3n) is 2.25. The number of rotatable bonds is 3. The van der Waals surface area contributed by atoms with E-state index in [2.05, 4.69) is 53.6 Å². The molecular weight excluding hydrogens is 240 g/mol. The lowest BCUT2D eigenvalue weighted by atomic mass is 10.0. The molecule has 1 heterocycles. The van der Waals surface area contributed by atoms with Crippen LogP contribution < -0.4 is 0 Å². The van der Waals surface area contributed by atoms with E-state index in [1.54, 1.807) is 0 Å². The summed E-state index contributed by atoms with van der Waals surface area (Å²) in [7, 11) is 0. The maximum atomic E-state index is 4.58. The Hall–Kier alpha value is -0.440. The minimum absolute atomic E-state index is 0.467. The van der Waals surface area contributed by atoms with E-state index in [0.29, 0.717) is 5.92 Å². The fourth-order valence-electron chi connectivity index (χ4n) is 1.48. The number of nitrogens with zero attached hydrogens (tertiary/aromatic N) is 2. The summed E-state index contributed by atoms with van der Waals surface area (Å²) in [6, 6.07) is 0. The van der Waals surface area contributed by atoms with Crippen LogP contribution in [0.5, 0.6) is 0 Å². The molecule has 0 unspecified atom stereocenters. The molecular formula is C11H17BrN2. The van der Waals surface area contributed by atoms with Crippen molar-refractivity contribution in [2.45, 2.75) is 46.5 Å². The molecule has 14 heavy (non-hydrogen) atoms. The molecule has 0 N–H and O–H groups in total. The minimum Gasteiger partial charge on any atom is -0.237 e. The Labute approximate surface area is 94.3 Å². The molecule has 0 aliphatic carbocycles.